The van der Waals surface area contributed by atoms with Gasteiger partial charge in [0.1, 0.15) is 5.01 Å². The number of benzene rings is 1. The van der Waals surface area contributed by atoms with Crippen LogP contribution in [0, 0.1) is 52.9 Å². The number of ether oxygens (including phenoxy) is 1. The number of carbonyl (C=O) groups is 2. The summed E-state index contributed by atoms with van der Waals surface area (Å²) in [5.74, 6) is -2.01. The van der Waals surface area contributed by atoms with Crippen LogP contribution in [0.1, 0.15) is 54.8 Å². The summed E-state index contributed by atoms with van der Waals surface area (Å²) in [6.07, 6.45) is 0. The predicted octanol–water partition coefficient (Wildman–Crippen LogP) is 4.03. The van der Waals surface area contributed by atoms with Crippen LogP contribution in [-0.2, 0) is 9.53 Å². The van der Waals surface area contributed by atoms with Crippen molar-refractivity contribution < 1.29 is 14.3 Å². The molecule has 2 rings (SSSR count). The zero-order chi connectivity index (χ0) is 19.6. The second-order valence-electron chi connectivity index (χ2n) is 6.43. The van der Waals surface area contributed by atoms with Crippen molar-refractivity contribution in [2.45, 2.75) is 47.5 Å². The molecule has 1 heterocycles. The summed E-state index contributed by atoms with van der Waals surface area (Å²) in [4.78, 5) is 29.1. The number of rotatable bonds is 5. The lowest BCUT2D eigenvalue weighted by Gasteiger charge is -2.17. The molecule has 6 heteroatoms. The molecule has 0 spiro atoms. The van der Waals surface area contributed by atoms with Crippen LogP contribution in [0.3, 0.4) is 0 Å². The summed E-state index contributed by atoms with van der Waals surface area (Å²) in [7, 11) is 0. The Morgan fingerprint density at radius 1 is 1.08 bits per heavy atom. The first-order valence-corrected chi connectivity index (χ1v) is 9.15. The van der Waals surface area contributed by atoms with Gasteiger partial charge in [-0.15, -0.1) is 11.3 Å². The van der Waals surface area contributed by atoms with E-state index in [0.29, 0.717) is 10.6 Å². The third kappa shape index (κ3) is 3.68. The summed E-state index contributed by atoms with van der Waals surface area (Å²) in [6.45, 7) is 11.1. The fourth-order valence-corrected chi connectivity index (χ4v) is 3.73. The fourth-order valence-electron chi connectivity index (χ4n) is 2.87. The van der Waals surface area contributed by atoms with Gasteiger partial charge < -0.3 is 4.74 Å². The molecular formula is C20H22N2O3S. The average molecular weight is 370 g/mol. The van der Waals surface area contributed by atoms with Crippen molar-refractivity contribution in [3.8, 4) is 6.07 Å². The van der Waals surface area contributed by atoms with E-state index < -0.39 is 24.3 Å². The third-order valence-corrected chi connectivity index (χ3v) is 5.91. The average Bonchev–Trinajstić information content (AvgIpc) is 3.03. The Morgan fingerprint density at radius 3 is 2.08 bits per heavy atom. The molecule has 0 amide bonds. The number of hydrogen-bond donors (Lipinski definition) is 0. The van der Waals surface area contributed by atoms with E-state index in [1.54, 1.807) is 12.3 Å². The molecule has 1 atom stereocenters. The maximum Gasteiger partial charge on any atom is 0.339 e. The maximum absolute atomic E-state index is 12.6. The highest BCUT2D eigenvalue weighted by molar-refractivity contribution is 7.09. The molecule has 0 aliphatic heterocycles. The summed E-state index contributed by atoms with van der Waals surface area (Å²) >= 11 is 1.26. The standard InChI is InChI=1S/C20H22N2O3S/c1-10-9-26-19(22-10)16(7-21)17(23)8-25-20(24)18-14(5)12(3)11(2)13(4)15(18)6/h9,16H,8H2,1-6H3/t16-/m0/s1. The van der Waals surface area contributed by atoms with Crippen LogP contribution < -0.4 is 0 Å². The molecule has 26 heavy (non-hydrogen) atoms. The Labute approximate surface area is 157 Å². The minimum absolute atomic E-state index is 0.431. The number of ketones is 1. The van der Waals surface area contributed by atoms with Gasteiger partial charge in [0.05, 0.1) is 11.6 Å². The van der Waals surface area contributed by atoms with Crippen LogP contribution in [0.5, 0.6) is 0 Å². The smallest absolute Gasteiger partial charge is 0.339 e. The lowest BCUT2D eigenvalue weighted by Crippen LogP contribution is -2.21. The number of nitriles is 1. The molecule has 0 radical (unpaired) electrons. The SMILES string of the molecule is Cc1csc([C@@H](C#N)C(=O)COC(=O)c2c(C)c(C)c(C)c(C)c2C)n1. The molecule has 0 bridgehead atoms. The van der Waals surface area contributed by atoms with Gasteiger partial charge in [-0.05, 0) is 69.4 Å². The molecule has 0 saturated heterocycles. The number of carbonyl (C=O) groups excluding carboxylic acids is 2. The van der Waals surface area contributed by atoms with Crippen molar-refractivity contribution in [3.63, 3.8) is 0 Å². The van der Waals surface area contributed by atoms with Crippen LogP contribution >= 0.6 is 11.3 Å². The van der Waals surface area contributed by atoms with E-state index in [-0.39, 0.29) is 0 Å². The Kier molecular flexibility index (Phi) is 5.94. The highest BCUT2D eigenvalue weighted by atomic mass is 32.1. The van der Waals surface area contributed by atoms with Crippen LogP contribution in [0.25, 0.3) is 0 Å². The first-order chi connectivity index (χ1) is 12.2. The first-order valence-electron chi connectivity index (χ1n) is 8.27. The molecule has 0 aliphatic carbocycles. The summed E-state index contributed by atoms with van der Waals surface area (Å²) < 4.78 is 5.25. The Morgan fingerprint density at radius 2 is 1.62 bits per heavy atom. The van der Waals surface area contributed by atoms with Gasteiger partial charge in [-0.3, -0.25) is 4.79 Å². The van der Waals surface area contributed by atoms with Crippen molar-refractivity contribution in [3.05, 3.63) is 49.5 Å². The van der Waals surface area contributed by atoms with Crippen molar-refractivity contribution >= 4 is 23.1 Å². The molecule has 1 aromatic heterocycles. The van der Waals surface area contributed by atoms with Crippen LogP contribution in [0.4, 0.5) is 0 Å². The molecular weight excluding hydrogens is 348 g/mol. The van der Waals surface area contributed by atoms with Crippen molar-refractivity contribution in [2.75, 3.05) is 6.61 Å². The Hall–Kier alpha value is -2.52. The highest BCUT2D eigenvalue weighted by Gasteiger charge is 2.26. The van der Waals surface area contributed by atoms with Crippen molar-refractivity contribution in [1.29, 1.82) is 5.26 Å². The number of Topliss-reactive ketones (excluding diaryl/α,β-unsaturated/α-hetero) is 1. The van der Waals surface area contributed by atoms with Gasteiger partial charge in [0.15, 0.2) is 18.3 Å². The number of thiazole rings is 1. The van der Waals surface area contributed by atoms with E-state index in [9.17, 15) is 14.9 Å². The minimum Gasteiger partial charge on any atom is -0.454 e. The van der Waals surface area contributed by atoms with E-state index in [1.165, 1.54) is 11.3 Å². The van der Waals surface area contributed by atoms with Gasteiger partial charge in [0.25, 0.3) is 0 Å². The first kappa shape index (κ1) is 19.8. The molecule has 0 N–H and O–H groups in total. The van der Waals surface area contributed by atoms with Crippen LogP contribution in [-0.4, -0.2) is 23.3 Å². The molecule has 2 aromatic rings. The second-order valence-corrected chi connectivity index (χ2v) is 7.32. The van der Waals surface area contributed by atoms with Gasteiger partial charge in [0, 0.05) is 11.1 Å². The Balaban J connectivity index is 2.19. The third-order valence-electron chi connectivity index (χ3n) is 4.88. The predicted molar refractivity (Wildman–Crippen MR) is 101 cm³/mol. The van der Waals surface area contributed by atoms with Gasteiger partial charge in [-0.2, -0.15) is 5.26 Å². The normalized spacial score (nSPS) is 11.7. The number of hydrogen-bond acceptors (Lipinski definition) is 6. The summed E-state index contributed by atoms with van der Waals surface area (Å²) in [5, 5.41) is 11.5. The molecule has 0 fully saturated rings. The van der Waals surface area contributed by atoms with Crippen LogP contribution in [0.15, 0.2) is 5.38 Å². The molecule has 136 valence electrons. The minimum atomic E-state index is -1.01. The summed E-state index contributed by atoms with van der Waals surface area (Å²) in [5.41, 5.74) is 6.20. The number of aromatic nitrogens is 1. The van der Waals surface area contributed by atoms with E-state index in [1.807, 2.05) is 40.7 Å². The molecule has 0 saturated carbocycles. The fraction of sp³-hybridized carbons (Fsp3) is 0.400. The van der Waals surface area contributed by atoms with E-state index in [2.05, 4.69) is 4.98 Å². The molecule has 0 unspecified atom stereocenters. The lowest BCUT2D eigenvalue weighted by molar-refractivity contribution is -0.122. The van der Waals surface area contributed by atoms with Gasteiger partial charge >= 0.3 is 5.97 Å². The van der Waals surface area contributed by atoms with E-state index in [4.69, 9.17) is 4.74 Å². The van der Waals surface area contributed by atoms with Gasteiger partial charge in [0.2, 0.25) is 0 Å². The topological polar surface area (TPSA) is 80.0 Å². The van der Waals surface area contributed by atoms with Crippen molar-refractivity contribution in [1.82, 2.24) is 4.98 Å². The van der Waals surface area contributed by atoms with Crippen molar-refractivity contribution in [2.24, 2.45) is 0 Å². The monoisotopic (exact) mass is 370 g/mol. The maximum atomic E-state index is 12.6. The molecule has 1 aromatic carbocycles. The second kappa shape index (κ2) is 7.79. The van der Waals surface area contributed by atoms with Crippen LogP contribution in [0.2, 0.25) is 0 Å². The zero-order valence-corrected chi connectivity index (χ0v) is 16.7. The zero-order valence-electron chi connectivity index (χ0n) is 15.9. The highest BCUT2D eigenvalue weighted by Crippen LogP contribution is 2.27. The molecule has 5 nitrogen and oxygen atoms in total. The van der Waals surface area contributed by atoms with E-state index >= 15 is 0 Å². The lowest BCUT2D eigenvalue weighted by atomic mass is 9.90. The number of nitrogens with zero attached hydrogens (tertiary/aromatic N) is 2. The van der Waals surface area contributed by atoms with E-state index in [0.717, 1.165) is 33.5 Å². The Bertz CT molecular complexity index is 893. The number of esters is 1. The van der Waals surface area contributed by atoms with Gasteiger partial charge in [-0.25, -0.2) is 9.78 Å². The molecule has 0 aliphatic rings. The summed E-state index contributed by atoms with van der Waals surface area (Å²) in [6, 6.07) is 1.95. The van der Waals surface area contributed by atoms with Gasteiger partial charge in [-0.1, -0.05) is 0 Å². The number of aryl methyl sites for hydroxylation is 1. The largest absolute Gasteiger partial charge is 0.454 e. The quantitative estimate of drug-likeness (QED) is 0.743.